The summed E-state index contributed by atoms with van der Waals surface area (Å²) < 4.78 is 38.3. The summed E-state index contributed by atoms with van der Waals surface area (Å²) in [7, 11) is 0. The topological polar surface area (TPSA) is 98.7 Å². The highest BCUT2D eigenvalue weighted by atomic mass is 35.5. The van der Waals surface area contributed by atoms with Crippen LogP contribution in [0, 0.1) is 0 Å². The van der Waals surface area contributed by atoms with Crippen LogP contribution in [0.2, 0.25) is 5.02 Å². The van der Waals surface area contributed by atoms with Gasteiger partial charge in [-0.25, -0.2) is 9.59 Å². The second kappa shape index (κ2) is 6.64. The van der Waals surface area contributed by atoms with Gasteiger partial charge in [0.25, 0.3) is 0 Å². The Hall–Kier alpha value is -2.00. The maximum Gasteiger partial charge on any atom is 0.418 e. The first-order valence-corrected chi connectivity index (χ1v) is 5.81. The van der Waals surface area contributed by atoms with Gasteiger partial charge in [0.2, 0.25) is 0 Å². The van der Waals surface area contributed by atoms with Crippen LogP contribution in [0.4, 0.5) is 23.7 Å². The number of nitrogens with one attached hydrogen (secondary N) is 2. The highest BCUT2D eigenvalue weighted by molar-refractivity contribution is 6.34. The Morgan fingerprint density at radius 3 is 2.43 bits per heavy atom. The summed E-state index contributed by atoms with van der Waals surface area (Å²) in [5, 5.41) is 20.6. The molecule has 116 valence electrons. The van der Waals surface area contributed by atoms with Gasteiger partial charge in [-0.3, -0.25) is 0 Å². The van der Waals surface area contributed by atoms with Crippen molar-refractivity contribution in [2.45, 2.75) is 12.2 Å². The third-order valence-corrected chi connectivity index (χ3v) is 2.66. The Bertz CT molecular complexity index is 551. The summed E-state index contributed by atoms with van der Waals surface area (Å²) in [5.41, 5.74) is -1.88. The van der Waals surface area contributed by atoms with Gasteiger partial charge in [0.05, 0.1) is 22.9 Å². The first-order valence-electron chi connectivity index (χ1n) is 5.43. The Morgan fingerprint density at radius 1 is 1.33 bits per heavy atom. The third-order valence-electron chi connectivity index (χ3n) is 2.34. The first kappa shape index (κ1) is 17.1. The van der Waals surface area contributed by atoms with Gasteiger partial charge in [-0.05, 0) is 12.1 Å². The molecule has 1 rings (SSSR count). The number of hydrogen-bond donors (Lipinski definition) is 4. The van der Waals surface area contributed by atoms with Crippen molar-refractivity contribution in [2.24, 2.45) is 0 Å². The summed E-state index contributed by atoms with van der Waals surface area (Å²) in [6.07, 6.45) is -4.75. The number of benzene rings is 1. The number of rotatable bonds is 4. The molecule has 1 unspecified atom stereocenters. The molecule has 0 radical (unpaired) electrons. The van der Waals surface area contributed by atoms with Gasteiger partial charge in [-0.1, -0.05) is 17.7 Å². The van der Waals surface area contributed by atoms with Crippen molar-refractivity contribution in [3.63, 3.8) is 0 Å². The van der Waals surface area contributed by atoms with Crippen LogP contribution in [-0.2, 0) is 11.0 Å². The number of para-hydroxylation sites is 1. The normalized spacial score (nSPS) is 12.6. The fourth-order valence-electron chi connectivity index (χ4n) is 1.38. The number of carboxylic acid groups (broad SMARTS) is 1. The van der Waals surface area contributed by atoms with E-state index in [0.717, 1.165) is 12.1 Å². The van der Waals surface area contributed by atoms with Gasteiger partial charge in [0.1, 0.15) is 0 Å². The van der Waals surface area contributed by atoms with Crippen LogP contribution < -0.4 is 10.6 Å². The lowest BCUT2D eigenvalue weighted by atomic mass is 10.1. The van der Waals surface area contributed by atoms with E-state index in [9.17, 15) is 22.8 Å². The quantitative estimate of drug-likeness (QED) is 0.679. The average molecular weight is 327 g/mol. The predicted molar refractivity (Wildman–Crippen MR) is 67.1 cm³/mol. The molecule has 0 spiro atoms. The molecule has 6 nitrogen and oxygen atoms in total. The number of carboxylic acids is 1. The molecule has 1 aromatic carbocycles. The lowest BCUT2D eigenvalue weighted by Gasteiger charge is -2.17. The molecule has 1 aromatic rings. The van der Waals surface area contributed by atoms with Crippen molar-refractivity contribution in [3.8, 4) is 0 Å². The monoisotopic (exact) mass is 326 g/mol. The van der Waals surface area contributed by atoms with E-state index >= 15 is 0 Å². The average Bonchev–Trinajstić information content (AvgIpc) is 2.36. The number of halogens is 4. The fourth-order valence-corrected chi connectivity index (χ4v) is 1.60. The maximum atomic E-state index is 12.8. The summed E-state index contributed by atoms with van der Waals surface area (Å²) in [6.45, 7) is -0.919. The minimum absolute atomic E-state index is 0.365. The van der Waals surface area contributed by atoms with E-state index in [4.69, 9.17) is 21.8 Å². The van der Waals surface area contributed by atoms with Gasteiger partial charge in [0.15, 0.2) is 6.04 Å². The molecule has 0 saturated carbocycles. The van der Waals surface area contributed by atoms with Crippen LogP contribution in [0.3, 0.4) is 0 Å². The van der Waals surface area contributed by atoms with E-state index in [2.05, 4.69) is 0 Å². The number of aliphatic hydroxyl groups is 1. The van der Waals surface area contributed by atoms with Gasteiger partial charge in [-0.2, -0.15) is 13.2 Å². The molecule has 0 aromatic heterocycles. The minimum Gasteiger partial charge on any atom is -0.480 e. The van der Waals surface area contributed by atoms with E-state index in [1.165, 1.54) is 0 Å². The molecule has 0 fully saturated rings. The molecule has 21 heavy (non-hydrogen) atoms. The molecule has 1 atom stereocenters. The third kappa shape index (κ3) is 4.50. The predicted octanol–water partition coefficient (Wildman–Crippen LogP) is 1.93. The highest BCUT2D eigenvalue weighted by Gasteiger charge is 2.35. The van der Waals surface area contributed by atoms with Gasteiger partial charge in [0, 0.05) is 0 Å². The van der Waals surface area contributed by atoms with Crippen molar-refractivity contribution in [1.82, 2.24) is 5.32 Å². The van der Waals surface area contributed by atoms with E-state index in [-0.39, 0.29) is 5.02 Å². The van der Waals surface area contributed by atoms with Gasteiger partial charge in [-0.15, -0.1) is 0 Å². The number of aliphatic hydroxyl groups excluding tert-OH is 1. The second-order valence-electron chi connectivity index (χ2n) is 3.83. The Kier molecular flexibility index (Phi) is 5.39. The van der Waals surface area contributed by atoms with Crippen molar-refractivity contribution in [1.29, 1.82) is 0 Å². The number of carbonyl (C=O) groups is 2. The summed E-state index contributed by atoms with van der Waals surface area (Å²) >= 11 is 5.60. The molecule has 0 aliphatic carbocycles. The van der Waals surface area contributed by atoms with Crippen molar-refractivity contribution >= 4 is 29.3 Å². The number of aliphatic carboxylic acids is 1. The lowest BCUT2D eigenvalue weighted by Crippen LogP contribution is -2.45. The van der Waals surface area contributed by atoms with Gasteiger partial charge < -0.3 is 20.8 Å². The van der Waals surface area contributed by atoms with Crippen LogP contribution >= 0.6 is 11.6 Å². The zero-order valence-corrected chi connectivity index (χ0v) is 11.0. The number of amides is 2. The van der Waals surface area contributed by atoms with Gasteiger partial charge >= 0.3 is 18.2 Å². The van der Waals surface area contributed by atoms with Crippen molar-refractivity contribution < 1.29 is 33.0 Å². The van der Waals surface area contributed by atoms with Crippen LogP contribution in [0.5, 0.6) is 0 Å². The number of urea groups is 1. The molecule has 0 bridgehead atoms. The molecule has 10 heteroatoms. The molecule has 4 N–H and O–H groups in total. The smallest absolute Gasteiger partial charge is 0.418 e. The fraction of sp³-hybridized carbons (Fsp3) is 0.273. The minimum atomic E-state index is -4.75. The van der Waals surface area contributed by atoms with Crippen LogP contribution in [0.15, 0.2) is 18.2 Å². The van der Waals surface area contributed by atoms with E-state index in [0.29, 0.717) is 6.07 Å². The number of hydrogen-bond acceptors (Lipinski definition) is 3. The second-order valence-corrected chi connectivity index (χ2v) is 4.24. The zero-order valence-electron chi connectivity index (χ0n) is 10.2. The molecule has 0 aliphatic rings. The summed E-state index contributed by atoms with van der Waals surface area (Å²) in [4.78, 5) is 22.1. The molecule has 0 heterocycles. The van der Waals surface area contributed by atoms with Crippen molar-refractivity contribution in [3.05, 3.63) is 28.8 Å². The van der Waals surface area contributed by atoms with Crippen molar-refractivity contribution in [2.75, 3.05) is 11.9 Å². The SMILES string of the molecule is O=C(Nc1c(Cl)cccc1C(F)(F)F)NC(CO)C(=O)O. The summed E-state index contributed by atoms with van der Waals surface area (Å²) in [6, 6.07) is 0.00838. The molecular formula is C11H10ClF3N2O4. The largest absolute Gasteiger partial charge is 0.480 e. The van der Waals surface area contributed by atoms with E-state index in [1.807, 2.05) is 5.32 Å². The molecular weight excluding hydrogens is 317 g/mol. The van der Waals surface area contributed by atoms with E-state index < -0.39 is 42.1 Å². The Balaban J connectivity index is 2.98. The first-order chi connectivity index (χ1) is 9.66. The number of anilines is 1. The Labute approximate surface area is 121 Å². The standard InChI is InChI=1S/C11H10ClF3N2O4/c12-6-3-1-2-5(11(13,14)15)8(6)17-10(21)16-7(4-18)9(19)20/h1-3,7,18H,4H2,(H,19,20)(H2,16,17,21). The highest BCUT2D eigenvalue weighted by Crippen LogP contribution is 2.38. The maximum absolute atomic E-state index is 12.8. The van der Waals surface area contributed by atoms with Crippen LogP contribution in [0.25, 0.3) is 0 Å². The Morgan fingerprint density at radius 2 is 1.95 bits per heavy atom. The lowest BCUT2D eigenvalue weighted by molar-refractivity contribution is -0.140. The summed E-state index contributed by atoms with van der Waals surface area (Å²) in [5.74, 6) is -1.54. The van der Waals surface area contributed by atoms with Crippen LogP contribution in [-0.4, -0.2) is 34.9 Å². The number of carbonyl (C=O) groups excluding carboxylic acids is 1. The molecule has 2 amide bonds. The van der Waals surface area contributed by atoms with E-state index in [1.54, 1.807) is 5.32 Å². The molecule has 0 saturated heterocycles. The zero-order chi connectivity index (χ0) is 16.2. The number of alkyl halides is 3. The molecule has 0 aliphatic heterocycles. The van der Waals surface area contributed by atoms with Crippen LogP contribution in [0.1, 0.15) is 5.56 Å².